The van der Waals surface area contributed by atoms with E-state index in [1.54, 1.807) is 12.2 Å². The molecule has 0 bridgehead atoms. The largest absolute Gasteiger partial charge is 0.395 e. The molecule has 0 unspecified atom stereocenters. The van der Waals surface area contributed by atoms with Gasteiger partial charge in [-0.15, -0.1) is 6.58 Å². The summed E-state index contributed by atoms with van der Waals surface area (Å²) in [6.07, 6.45) is 3.14. The zero-order chi connectivity index (χ0) is 19.3. The molecule has 2 rings (SSSR count). The zero-order valence-corrected chi connectivity index (χ0v) is 15.8. The number of nitrogens with one attached hydrogen (secondary N) is 1. The van der Waals surface area contributed by atoms with E-state index in [9.17, 15) is 9.59 Å². The zero-order valence-electron chi connectivity index (χ0n) is 15.0. The lowest BCUT2D eigenvalue weighted by Crippen LogP contribution is -2.53. The molecule has 0 aliphatic carbocycles. The number of thiocarbonyl (C=S) groups is 1. The summed E-state index contributed by atoms with van der Waals surface area (Å²) in [7, 11) is 0. The van der Waals surface area contributed by atoms with Gasteiger partial charge in [-0.3, -0.25) is 19.8 Å². The molecule has 1 aromatic rings. The molecule has 26 heavy (non-hydrogen) atoms. The number of aliphatic hydroxyl groups excluding tert-OH is 1. The maximum atomic E-state index is 12.6. The van der Waals surface area contributed by atoms with E-state index in [4.69, 9.17) is 17.3 Å². The fraction of sp³-hybridized carbons (Fsp3) is 0.316. The summed E-state index contributed by atoms with van der Waals surface area (Å²) in [5, 5.41) is 11.8. The first-order chi connectivity index (χ1) is 12.4. The molecule has 1 aliphatic heterocycles. The van der Waals surface area contributed by atoms with Crippen LogP contribution in [0.4, 0.5) is 5.69 Å². The molecule has 0 spiro atoms. The first kappa shape index (κ1) is 19.8. The Kier molecular flexibility index (Phi) is 6.65. The number of amides is 2. The summed E-state index contributed by atoms with van der Waals surface area (Å²) in [6.45, 7) is 9.17. The van der Waals surface area contributed by atoms with Gasteiger partial charge in [0.15, 0.2) is 5.11 Å². The first-order valence-corrected chi connectivity index (χ1v) is 8.80. The Bertz CT molecular complexity index is 773. The summed E-state index contributed by atoms with van der Waals surface area (Å²) in [4.78, 5) is 28.1. The van der Waals surface area contributed by atoms with Gasteiger partial charge in [-0.25, -0.2) is 0 Å². The van der Waals surface area contributed by atoms with Gasteiger partial charge < -0.3 is 10.0 Å². The summed E-state index contributed by atoms with van der Waals surface area (Å²) in [5.74, 6) is -0.933. The molecule has 0 atom stereocenters. The normalized spacial score (nSPS) is 16.0. The van der Waals surface area contributed by atoms with Gasteiger partial charge in [-0.2, -0.15) is 0 Å². The van der Waals surface area contributed by atoms with Gasteiger partial charge in [0.1, 0.15) is 5.57 Å². The molecule has 7 heteroatoms. The van der Waals surface area contributed by atoms with Gasteiger partial charge in [-0.05, 0) is 55.4 Å². The van der Waals surface area contributed by atoms with Crippen LogP contribution in [0.25, 0.3) is 6.08 Å². The second kappa shape index (κ2) is 8.73. The Morgan fingerprint density at radius 3 is 2.69 bits per heavy atom. The van der Waals surface area contributed by atoms with Gasteiger partial charge in [-0.1, -0.05) is 12.1 Å². The molecule has 1 heterocycles. The van der Waals surface area contributed by atoms with Crippen molar-refractivity contribution in [3.05, 3.63) is 47.6 Å². The Morgan fingerprint density at radius 2 is 2.12 bits per heavy atom. The molecule has 0 aromatic heterocycles. The number of anilines is 1. The van der Waals surface area contributed by atoms with Gasteiger partial charge in [0, 0.05) is 25.3 Å². The molecular formula is C19H23N3O3S. The number of likely N-dealkylation sites (N-methyl/N-ethyl adjacent to an activating group) is 1. The van der Waals surface area contributed by atoms with Crippen molar-refractivity contribution < 1.29 is 14.7 Å². The highest BCUT2D eigenvalue weighted by Crippen LogP contribution is 2.22. The fourth-order valence-corrected chi connectivity index (χ4v) is 3.00. The Balaban J connectivity index is 2.35. The van der Waals surface area contributed by atoms with Crippen LogP contribution in [-0.2, 0) is 9.59 Å². The monoisotopic (exact) mass is 373 g/mol. The van der Waals surface area contributed by atoms with Crippen molar-refractivity contribution in [3.63, 3.8) is 0 Å². The van der Waals surface area contributed by atoms with Crippen LogP contribution >= 0.6 is 12.2 Å². The summed E-state index contributed by atoms with van der Waals surface area (Å²) < 4.78 is 0. The highest BCUT2D eigenvalue weighted by Gasteiger charge is 2.32. The average Bonchev–Trinajstić information content (AvgIpc) is 2.61. The van der Waals surface area contributed by atoms with Crippen LogP contribution < -0.4 is 10.2 Å². The highest BCUT2D eigenvalue weighted by molar-refractivity contribution is 7.80. The standard InChI is InChI=1S/C19H23N3O3S/c1-4-8-22-18(25)16(17(24)20-19(22)26)12-14-6-7-15(11-13(14)3)21(5-2)9-10-23/h4,6-7,11-12,23H,1,5,8-10H2,2-3H3,(H,20,24,26). The van der Waals surface area contributed by atoms with Gasteiger partial charge in [0.05, 0.1) is 6.61 Å². The number of hydrogen-bond donors (Lipinski definition) is 2. The van der Waals surface area contributed by atoms with Gasteiger partial charge in [0.2, 0.25) is 0 Å². The van der Waals surface area contributed by atoms with E-state index in [-0.39, 0.29) is 23.8 Å². The van der Waals surface area contributed by atoms with Crippen molar-refractivity contribution in [1.29, 1.82) is 0 Å². The van der Waals surface area contributed by atoms with Crippen molar-refractivity contribution in [2.45, 2.75) is 13.8 Å². The summed E-state index contributed by atoms with van der Waals surface area (Å²) >= 11 is 5.05. The van der Waals surface area contributed by atoms with Gasteiger partial charge >= 0.3 is 0 Å². The molecule has 6 nitrogen and oxygen atoms in total. The minimum absolute atomic E-state index is 0.0407. The molecule has 1 fully saturated rings. The topological polar surface area (TPSA) is 72.9 Å². The number of benzene rings is 1. The van der Waals surface area contributed by atoms with E-state index in [0.29, 0.717) is 6.54 Å². The SMILES string of the molecule is C=CCN1C(=O)C(=Cc2ccc(N(CC)CCO)cc2C)C(=O)NC1=S. The number of aliphatic hydroxyl groups is 1. The summed E-state index contributed by atoms with van der Waals surface area (Å²) in [5.41, 5.74) is 2.73. The Hall–Kier alpha value is -2.51. The first-order valence-electron chi connectivity index (χ1n) is 8.39. The van der Waals surface area contributed by atoms with E-state index in [0.717, 1.165) is 23.4 Å². The summed E-state index contributed by atoms with van der Waals surface area (Å²) in [6, 6.07) is 5.75. The van der Waals surface area contributed by atoms with E-state index in [1.165, 1.54) is 4.90 Å². The Labute approximate surface area is 158 Å². The van der Waals surface area contributed by atoms with Gasteiger partial charge in [0.25, 0.3) is 11.8 Å². The molecule has 2 N–H and O–H groups in total. The number of nitrogens with zero attached hydrogens (tertiary/aromatic N) is 2. The second-order valence-corrected chi connectivity index (χ2v) is 6.25. The van der Waals surface area contributed by atoms with E-state index >= 15 is 0 Å². The predicted molar refractivity (Wildman–Crippen MR) is 107 cm³/mol. The lowest BCUT2D eigenvalue weighted by atomic mass is 10.0. The van der Waals surface area contributed by atoms with Crippen LogP contribution in [-0.4, -0.2) is 53.2 Å². The van der Waals surface area contributed by atoms with E-state index < -0.39 is 11.8 Å². The van der Waals surface area contributed by atoms with Crippen LogP contribution in [0.15, 0.2) is 36.4 Å². The van der Waals surface area contributed by atoms with Crippen molar-refractivity contribution in [1.82, 2.24) is 10.2 Å². The van der Waals surface area contributed by atoms with Crippen LogP contribution in [0.5, 0.6) is 0 Å². The average molecular weight is 373 g/mol. The maximum absolute atomic E-state index is 12.6. The third-order valence-electron chi connectivity index (χ3n) is 4.17. The smallest absolute Gasteiger partial charge is 0.265 e. The molecule has 1 saturated heterocycles. The minimum atomic E-state index is -0.501. The maximum Gasteiger partial charge on any atom is 0.265 e. The number of rotatable bonds is 7. The van der Waals surface area contributed by atoms with Crippen molar-refractivity contribution in [3.8, 4) is 0 Å². The van der Waals surface area contributed by atoms with E-state index in [2.05, 4.69) is 11.9 Å². The molecule has 138 valence electrons. The molecular weight excluding hydrogens is 350 g/mol. The number of aryl methyl sites for hydroxylation is 1. The third-order valence-corrected chi connectivity index (χ3v) is 4.49. The van der Waals surface area contributed by atoms with Crippen LogP contribution in [0, 0.1) is 6.92 Å². The minimum Gasteiger partial charge on any atom is -0.395 e. The quantitative estimate of drug-likeness (QED) is 0.329. The van der Waals surface area contributed by atoms with Crippen molar-refractivity contribution in [2.24, 2.45) is 0 Å². The molecule has 2 amide bonds. The predicted octanol–water partition coefficient (Wildman–Crippen LogP) is 1.63. The lowest BCUT2D eigenvalue weighted by molar-refractivity contribution is -0.128. The van der Waals surface area contributed by atoms with Crippen molar-refractivity contribution >= 4 is 40.9 Å². The second-order valence-electron chi connectivity index (χ2n) is 5.87. The molecule has 0 saturated carbocycles. The molecule has 1 aliphatic rings. The number of carbonyl (C=O) groups excluding carboxylic acids is 2. The van der Waals surface area contributed by atoms with Crippen molar-refractivity contribution in [2.75, 3.05) is 31.1 Å². The molecule has 0 radical (unpaired) electrons. The number of hydrogen-bond acceptors (Lipinski definition) is 5. The number of carbonyl (C=O) groups is 2. The fourth-order valence-electron chi connectivity index (χ4n) is 2.75. The lowest BCUT2D eigenvalue weighted by Gasteiger charge is -2.28. The molecule has 1 aromatic carbocycles. The van der Waals surface area contributed by atoms with E-state index in [1.807, 2.05) is 36.9 Å². The van der Waals surface area contributed by atoms with Crippen LogP contribution in [0.1, 0.15) is 18.1 Å². The third kappa shape index (κ3) is 4.17. The highest BCUT2D eigenvalue weighted by atomic mass is 32.1. The van der Waals surface area contributed by atoms with Crippen LogP contribution in [0.3, 0.4) is 0 Å². The van der Waals surface area contributed by atoms with Crippen LogP contribution in [0.2, 0.25) is 0 Å². The Morgan fingerprint density at radius 1 is 1.38 bits per heavy atom.